The number of hydrogen-bond donors (Lipinski definition) is 1. The lowest BCUT2D eigenvalue weighted by Gasteiger charge is -2.36. The molecule has 0 bridgehead atoms. The Morgan fingerprint density at radius 3 is 2.67 bits per heavy atom. The molecule has 0 aromatic heterocycles. The minimum atomic E-state index is -0.172. The SMILES string of the molecule is O=C(NC1(CBr)CCOCC1)c1ccccc1I. The number of hydrogen-bond acceptors (Lipinski definition) is 2. The van der Waals surface area contributed by atoms with Crippen LogP contribution < -0.4 is 5.32 Å². The van der Waals surface area contributed by atoms with E-state index in [2.05, 4.69) is 43.8 Å². The predicted octanol–water partition coefficient (Wildman–Crippen LogP) is 2.97. The summed E-state index contributed by atoms with van der Waals surface area (Å²) in [4.78, 5) is 12.3. The highest BCUT2D eigenvalue weighted by atomic mass is 127. The van der Waals surface area contributed by atoms with Crippen LogP contribution in [0.1, 0.15) is 23.2 Å². The lowest BCUT2D eigenvalue weighted by Crippen LogP contribution is -2.53. The van der Waals surface area contributed by atoms with Gasteiger partial charge in [-0.25, -0.2) is 0 Å². The molecule has 1 N–H and O–H groups in total. The number of nitrogens with one attached hydrogen (secondary N) is 1. The number of ether oxygens (including phenoxy) is 1. The van der Waals surface area contributed by atoms with Crippen LogP contribution in [0, 0.1) is 3.57 Å². The maximum absolute atomic E-state index is 12.3. The van der Waals surface area contributed by atoms with Crippen molar-refractivity contribution in [1.82, 2.24) is 5.32 Å². The highest BCUT2D eigenvalue weighted by Gasteiger charge is 2.33. The maximum Gasteiger partial charge on any atom is 0.252 e. The van der Waals surface area contributed by atoms with Crippen LogP contribution in [0.3, 0.4) is 0 Å². The molecule has 0 aliphatic carbocycles. The first kappa shape index (κ1) is 14.3. The summed E-state index contributed by atoms with van der Waals surface area (Å²) >= 11 is 5.70. The average molecular weight is 424 g/mol. The van der Waals surface area contributed by atoms with Gasteiger partial charge in [0.05, 0.1) is 11.1 Å². The van der Waals surface area contributed by atoms with Gasteiger partial charge in [-0.2, -0.15) is 0 Å². The fraction of sp³-hybridized carbons (Fsp3) is 0.462. The van der Waals surface area contributed by atoms with Crippen LogP contribution in [-0.2, 0) is 4.74 Å². The lowest BCUT2D eigenvalue weighted by molar-refractivity contribution is 0.0441. The predicted molar refractivity (Wildman–Crippen MR) is 83.2 cm³/mol. The second kappa shape index (κ2) is 6.34. The topological polar surface area (TPSA) is 38.3 Å². The smallest absolute Gasteiger partial charge is 0.252 e. The molecule has 1 aliphatic rings. The summed E-state index contributed by atoms with van der Waals surface area (Å²) < 4.78 is 6.34. The Balaban J connectivity index is 2.13. The third-order valence-electron chi connectivity index (χ3n) is 3.20. The number of alkyl halides is 1. The van der Waals surface area contributed by atoms with Crippen molar-refractivity contribution in [2.24, 2.45) is 0 Å². The van der Waals surface area contributed by atoms with E-state index in [0.717, 1.165) is 27.3 Å². The largest absolute Gasteiger partial charge is 0.381 e. The number of rotatable bonds is 3. The summed E-state index contributed by atoms with van der Waals surface area (Å²) in [6.45, 7) is 1.41. The molecule has 18 heavy (non-hydrogen) atoms. The van der Waals surface area contributed by atoms with Gasteiger partial charge in [0, 0.05) is 22.1 Å². The maximum atomic E-state index is 12.3. The zero-order valence-corrected chi connectivity index (χ0v) is 13.7. The highest BCUT2D eigenvalue weighted by molar-refractivity contribution is 14.1. The minimum Gasteiger partial charge on any atom is -0.381 e. The zero-order chi connectivity index (χ0) is 13.0. The molecule has 2 rings (SSSR count). The summed E-state index contributed by atoms with van der Waals surface area (Å²) in [5.41, 5.74) is 0.568. The first-order valence-electron chi connectivity index (χ1n) is 5.88. The molecule has 1 heterocycles. The molecule has 5 heteroatoms. The van der Waals surface area contributed by atoms with Crippen molar-refractivity contribution in [3.05, 3.63) is 33.4 Å². The van der Waals surface area contributed by atoms with Crippen LogP contribution in [0.15, 0.2) is 24.3 Å². The Kier molecular flexibility index (Phi) is 5.03. The Labute approximate surface area is 129 Å². The third kappa shape index (κ3) is 3.24. The van der Waals surface area contributed by atoms with Crippen molar-refractivity contribution in [2.45, 2.75) is 18.4 Å². The molecule has 0 radical (unpaired) electrons. The molecule has 3 nitrogen and oxygen atoms in total. The van der Waals surface area contributed by atoms with E-state index >= 15 is 0 Å². The average Bonchev–Trinajstić information content (AvgIpc) is 2.40. The quantitative estimate of drug-likeness (QED) is 0.599. The molecule has 1 saturated heterocycles. The normalized spacial score (nSPS) is 18.3. The highest BCUT2D eigenvalue weighted by Crippen LogP contribution is 2.24. The molecule has 98 valence electrons. The Morgan fingerprint density at radius 2 is 2.06 bits per heavy atom. The van der Waals surface area contributed by atoms with E-state index in [1.54, 1.807) is 0 Å². The van der Waals surface area contributed by atoms with Gasteiger partial charge in [0.1, 0.15) is 0 Å². The Morgan fingerprint density at radius 1 is 1.39 bits per heavy atom. The van der Waals surface area contributed by atoms with Gasteiger partial charge in [-0.05, 0) is 47.6 Å². The molecule has 1 amide bonds. The molecular weight excluding hydrogens is 409 g/mol. The summed E-state index contributed by atoms with van der Waals surface area (Å²) in [7, 11) is 0. The van der Waals surface area contributed by atoms with Gasteiger partial charge in [-0.1, -0.05) is 28.1 Å². The second-order valence-electron chi connectivity index (χ2n) is 4.46. The van der Waals surface area contributed by atoms with E-state index in [-0.39, 0.29) is 11.4 Å². The molecule has 0 saturated carbocycles. The summed E-state index contributed by atoms with van der Waals surface area (Å²) in [5, 5.41) is 3.93. The van der Waals surface area contributed by atoms with Crippen LogP contribution in [0.5, 0.6) is 0 Å². The van der Waals surface area contributed by atoms with Crippen LogP contribution in [0.25, 0.3) is 0 Å². The van der Waals surface area contributed by atoms with E-state index in [4.69, 9.17) is 4.74 Å². The minimum absolute atomic E-state index is 0.00125. The van der Waals surface area contributed by atoms with Gasteiger partial charge in [-0.3, -0.25) is 4.79 Å². The summed E-state index contributed by atoms with van der Waals surface area (Å²) in [5.74, 6) is 0.00125. The zero-order valence-electron chi connectivity index (χ0n) is 9.92. The number of amides is 1. The van der Waals surface area contributed by atoms with Crippen molar-refractivity contribution in [3.63, 3.8) is 0 Å². The van der Waals surface area contributed by atoms with Crippen molar-refractivity contribution in [2.75, 3.05) is 18.5 Å². The molecule has 1 aromatic rings. The molecule has 1 aromatic carbocycles. The van der Waals surface area contributed by atoms with Crippen LogP contribution in [-0.4, -0.2) is 30.0 Å². The van der Waals surface area contributed by atoms with E-state index in [1.165, 1.54) is 0 Å². The standard InChI is InChI=1S/C13H15BrINO2/c14-9-13(5-7-18-8-6-13)16-12(17)10-3-1-2-4-11(10)15/h1-4H,5-9H2,(H,16,17). The molecule has 1 aliphatic heterocycles. The van der Waals surface area contributed by atoms with Gasteiger partial charge in [-0.15, -0.1) is 0 Å². The van der Waals surface area contributed by atoms with Gasteiger partial charge in [0.2, 0.25) is 0 Å². The van der Waals surface area contributed by atoms with Crippen molar-refractivity contribution >= 4 is 44.4 Å². The molecule has 0 unspecified atom stereocenters. The van der Waals surface area contributed by atoms with E-state index in [9.17, 15) is 4.79 Å². The summed E-state index contributed by atoms with van der Waals surface area (Å²) in [6.07, 6.45) is 1.71. The Hall–Kier alpha value is -0.140. The summed E-state index contributed by atoms with van der Waals surface area (Å²) in [6, 6.07) is 7.63. The van der Waals surface area contributed by atoms with Gasteiger partial charge >= 0.3 is 0 Å². The van der Waals surface area contributed by atoms with Crippen molar-refractivity contribution in [3.8, 4) is 0 Å². The molecule has 1 fully saturated rings. The number of carbonyl (C=O) groups excluding carboxylic acids is 1. The van der Waals surface area contributed by atoms with Gasteiger partial charge in [0.15, 0.2) is 0 Å². The van der Waals surface area contributed by atoms with Gasteiger partial charge < -0.3 is 10.1 Å². The van der Waals surface area contributed by atoms with Crippen LogP contribution >= 0.6 is 38.5 Å². The fourth-order valence-electron chi connectivity index (χ4n) is 2.01. The van der Waals surface area contributed by atoms with E-state index in [0.29, 0.717) is 13.2 Å². The van der Waals surface area contributed by atoms with E-state index < -0.39 is 0 Å². The molecular formula is C13H15BrINO2. The van der Waals surface area contributed by atoms with E-state index in [1.807, 2.05) is 24.3 Å². The van der Waals surface area contributed by atoms with Crippen molar-refractivity contribution < 1.29 is 9.53 Å². The van der Waals surface area contributed by atoms with Crippen LogP contribution in [0.2, 0.25) is 0 Å². The molecule has 0 atom stereocenters. The monoisotopic (exact) mass is 423 g/mol. The first-order chi connectivity index (χ1) is 8.67. The molecule has 0 spiro atoms. The third-order valence-corrected chi connectivity index (χ3v) is 5.22. The van der Waals surface area contributed by atoms with Crippen LogP contribution in [0.4, 0.5) is 0 Å². The lowest BCUT2D eigenvalue weighted by atomic mass is 9.92. The second-order valence-corrected chi connectivity index (χ2v) is 6.18. The number of carbonyl (C=O) groups is 1. The van der Waals surface area contributed by atoms with Gasteiger partial charge in [0.25, 0.3) is 5.91 Å². The Bertz CT molecular complexity index is 433. The first-order valence-corrected chi connectivity index (χ1v) is 8.08. The number of benzene rings is 1. The fourth-order valence-corrected chi connectivity index (χ4v) is 3.34. The number of halogens is 2. The van der Waals surface area contributed by atoms with Crippen molar-refractivity contribution in [1.29, 1.82) is 0 Å².